The van der Waals surface area contributed by atoms with Gasteiger partial charge in [-0.15, -0.1) is 0 Å². The molecule has 0 saturated heterocycles. The lowest BCUT2D eigenvalue weighted by Gasteiger charge is -2.33. The van der Waals surface area contributed by atoms with Gasteiger partial charge in [-0.05, 0) is 60.8 Å². The molecule has 1 aliphatic carbocycles. The Labute approximate surface area is 170 Å². The highest BCUT2D eigenvalue weighted by Crippen LogP contribution is 2.46. The number of benzene rings is 2. The summed E-state index contributed by atoms with van der Waals surface area (Å²) in [4.78, 5) is 12.0. The smallest absolute Gasteiger partial charge is 0.133 e. The lowest BCUT2D eigenvalue weighted by molar-refractivity contribution is -0.120. The summed E-state index contributed by atoms with van der Waals surface area (Å²) in [5, 5.41) is 0. The number of ether oxygens (including phenoxy) is 1. The van der Waals surface area contributed by atoms with E-state index < -0.39 is 0 Å². The monoisotopic (exact) mass is 378 g/mol. The van der Waals surface area contributed by atoms with Gasteiger partial charge in [-0.3, -0.25) is 4.79 Å². The summed E-state index contributed by atoms with van der Waals surface area (Å²) in [7, 11) is 0. The second kappa shape index (κ2) is 8.94. The van der Waals surface area contributed by atoms with Crippen molar-refractivity contribution in [3.05, 3.63) is 65.7 Å². The molecule has 0 amide bonds. The minimum atomic E-state index is -0.0178. The van der Waals surface area contributed by atoms with E-state index in [1.165, 1.54) is 24.0 Å². The van der Waals surface area contributed by atoms with Crippen LogP contribution in [0.2, 0.25) is 0 Å². The van der Waals surface area contributed by atoms with Crippen LogP contribution in [0.3, 0.4) is 0 Å². The van der Waals surface area contributed by atoms with Crippen LogP contribution in [0.1, 0.15) is 70.6 Å². The van der Waals surface area contributed by atoms with Gasteiger partial charge in [-0.1, -0.05) is 70.2 Å². The van der Waals surface area contributed by atoms with Crippen LogP contribution in [-0.4, -0.2) is 5.78 Å². The van der Waals surface area contributed by atoms with Gasteiger partial charge >= 0.3 is 0 Å². The first-order valence-electron chi connectivity index (χ1n) is 10.7. The number of hydrogen-bond acceptors (Lipinski definition) is 2. The first-order chi connectivity index (χ1) is 13.4. The third-order valence-electron chi connectivity index (χ3n) is 6.86. The van der Waals surface area contributed by atoms with Gasteiger partial charge in [0.2, 0.25) is 0 Å². The molecule has 5 atom stereocenters. The molecule has 0 heterocycles. The number of rotatable bonds is 9. The van der Waals surface area contributed by atoms with Crippen LogP contribution >= 0.6 is 0 Å². The summed E-state index contributed by atoms with van der Waals surface area (Å²) >= 11 is 0. The van der Waals surface area contributed by atoms with E-state index in [0.29, 0.717) is 11.8 Å². The predicted molar refractivity (Wildman–Crippen MR) is 116 cm³/mol. The van der Waals surface area contributed by atoms with Crippen molar-refractivity contribution in [1.82, 2.24) is 0 Å². The zero-order chi connectivity index (χ0) is 20.3. The Morgan fingerprint density at radius 3 is 2.04 bits per heavy atom. The molecule has 5 unspecified atom stereocenters. The Morgan fingerprint density at radius 1 is 0.893 bits per heavy atom. The maximum Gasteiger partial charge on any atom is 0.133 e. The Balaban J connectivity index is 1.98. The quantitative estimate of drug-likeness (QED) is 0.478. The van der Waals surface area contributed by atoms with E-state index >= 15 is 0 Å². The minimum absolute atomic E-state index is 0.00492. The fourth-order valence-corrected chi connectivity index (χ4v) is 4.23. The van der Waals surface area contributed by atoms with Crippen molar-refractivity contribution in [2.45, 2.75) is 59.5 Å². The molecule has 28 heavy (non-hydrogen) atoms. The van der Waals surface area contributed by atoms with Gasteiger partial charge in [0.25, 0.3) is 0 Å². The molecule has 0 spiro atoms. The number of carbonyl (C=O) groups is 1. The Hall–Kier alpha value is -2.09. The van der Waals surface area contributed by atoms with Crippen molar-refractivity contribution < 1.29 is 9.53 Å². The molecule has 0 bridgehead atoms. The van der Waals surface area contributed by atoms with Gasteiger partial charge in [-0.2, -0.15) is 0 Å². The van der Waals surface area contributed by atoms with Crippen LogP contribution in [0.15, 0.2) is 54.6 Å². The highest BCUT2D eigenvalue weighted by molar-refractivity contribution is 5.79. The van der Waals surface area contributed by atoms with Crippen molar-refractivity contribution in [3.8, 4) is 5.75 Å². The zero-order valence-electron chi connectivity index (χ0n) is 17.9. The standard InChI is InChI=1S/C26H34O2/c1-17(21(5)27)19(3)24-13-9-10-14-25(24)26(20(4)18(2)22-15-16-22)28-23-11-7-6-8-12-23/h6-14,17-20,22,26H,15-16H2,1-5H3. The number of ketones is 1. The molecule has 0 radical (unpaired) electrons. The molecule has 1 saturated carbocycles. The highest BCUT2D eigenvalue weighted by atomic mass is 16.5. The summed E-state index contributed by atoms with van der Waals surface area (Å²) in [6.07, 6.45) is 2.65. The minimum Gasteiger partial charge on any atom is -0.485 e. The summed E-state index contributed by atoms with van der Waals surface area (Å²) < 4.78 is 6.61. The summed E-state index contributed by atoms with van der Waals surface area (Å²) in [6.45, 7) is 10.6. The van der Waals surface area contributed by atoms with E-state index in [9.17, 15) is 4.79 Å². The lowest BCUT2D eigenvalue weighted by Crippen LogP contribution is -2.26. The topological polar surface area (TPSA) is 26.3 Å². The molecular formula is C26H34O2. The molecule has 0 N–H and O–H groups in total. The van der Waals surface area contributed by atoms with Gasteiger partial charge in [0.15, 0.2) is 0 Å². The molecule has 150 valence electrons. The second-order valence-corrected chi connectivity index (χ2v) is 8.72. The van der Waals surface area contributed by atoms with Crippen LogP contribution in [0.4, 0.5) is 0 Å². The van der Waals surface area contributed by atoms with Crippen molar-refractivity contribution >= 4 is 5.78 Å². The highest BCUT2D eigenvalue weighted by Gasteiger charge is 2.37. The first-order valence-corrected chi connectivity index (χ1v) is 10.7. The average molecular weight is 379 g/mol. The fraction of sp³-hybridized carbons (Fsp3) is 0.500. The first kappa shape index (κ1) is 20.6. The number of carbonyl (C=O) groups excluding carboxylic acids is 1. The third kappa shape index (κ3) is 4.66. The van der Waals surface area contributed by atoms with Crippen LogP contribution in [-0.2, 0) is 4.79 Å². The molecule has 1 aliphatic rings. The average Bonchev–Trinajstić information content (AvgIpc) is 3.56. The van der Waals surface area contributed by atoms with E-state index in [1.54, 1.807) is 6.92 Å². The van der Waals surface area contributed by atoms with Crippen molar-refractivity contribution in [1.29, 1.82) is 0 Å². The second-order valence-electron chi connectivity index (χ2n) is 8.72. The van der Waals surface area contributed by atoms with Gasteiger partial charge < -0.3 is 4.74 Å². The van der Waals surface area contributed by atoms with Crippen LogP contribution in [0.25, 0.3) is 0 Å². The molecule has 2 aromatic carbocycles. The SMILES string of the molecule is CC(=O)C(C)C(C)c1ccccc1C(Oc1ccccc1)C(C)C(C)C1CC1. The number of Topliss-reactive ketones (excluding diaryl/α,β-unsaturated/α-hetero) is 1. The largest absolute Gasteiger partial charge is 0.485 e. The summed E-state index contributed by atoms with van der Waals surface area (Å²) in [5.41, 5.74) is 2.47. The van der Waals surface area contributed by atoms with Gasteiger partial charge in [0.05, 0.1) is 0 Å². The maximum atomic E-state index is 12.0. The van der Waals surface area contributed by atoms with E-state index in [0.717, 1.165) is 11.7 Å². The molecular weight excluding hydrogens is 344 g/mol. The van der Waals surface area contributed by atoms with E-state index in [2.05, 4.69) is 45.0 Å². The molecule has 0 aliphatic heterocycles. The van der Waals surface area contributed by atoms with Crippen molar-refractivity contribution in [3.63, 3.8) is 0 Å². The lowest BCUT2D eigenvalue weighted by atomic mass is 9.78. The zero-order valence-corrected chi connectivity index (χ0v) is 17.9. The van der Waals surface area contributed by atoms with E-state index in [-0.39, 0.29) is 23.7 Å². The van der Waals surface area contributed by atoms with Crippen molar-refractivity contribution in [2.75, 3.05) is 0 Å². The normalized spacial score (nSPS) is 19.3. The molecule has 3 rings (SSSR count). The van der Waals surface area contributed by atoms with Crippen LogP contribution in [0, 0.1) is 23.7 Å². The predicted octanol–water partition coefficient (Wildman–Crippen LogP) is 6.82. The molecule has 0 aromatic heterocycles. The summed E-state index contributed by atoms with van der Waals surface area (Å²) in [6, 6.07) is 18.7. The van der Waals surface area contributed by atoms with Crippen LogP contribution in [0.5, 0.6) is 5.75 Å². The van der Waals surface area contributed by atoms with Gasteiger partial charge in [-0.25, -0.2) is 0 Å². The van der Waals surface area contributed by atoms with Gasteiger partial charge in [0.1, 0.15) is 17.6 Å². The maximum absolute atomic E-state index is 12.0. The van der Waals surface area contributed by atoms with Gasteiger partial charge in [0, 0.05) is 11.8 Å². The van der Waals surface area contributed by atoms with Crippen molar-refractivity contribution in [2.24, 2.45) is 23.7 Å². The Morgan fingerprint density at radius 2 is 1.46 bits per heavy atom. The molecule has 2 heteroatoms. The molecule has 2 nitrogen and oxygen atoms in total. The molecule has 1 fully saturated rings. The number of hydrogen-bond donors (Lipinski definition) is 0. The Kier molecular flexibility index (Phi) is 6.59. The number of para-hydroxylation sites is 1. The van der Waals surface area contributed by atoms with Crippen LogP contribution < -0.4 is 4.74 Å². The Bertz CT molecular complexity index is 778. The third-order valence-corrected chi connectivity index (χ3v) is 6.86. The van der Waals surface area contributed by atoms with E-state index in [1.807, 2.05) is 37.3 Å². The summed E-state index contributed by atoms with van der Waals surface area (Å²) in [5.74, 6) is 3.13. The van der Waals surface area contributed by atoms with E-state index in [4.69, 9.17) is 4.74 Å². The fourth-order valence-electron chi connectivity index (χ4n) is 4.23. The molecule has 2 aromatic rings.